The fourth-order valence-corrected chi connectivity index (χ4v) is 2.36. The summed E-state index contributed by atoms with van der Waals surface area (Å²) in [6.07, 6.45) is 0. The van der Waals surface area contributed by atoms with Crippen LogP contribution >= 0.6 is 0 Å². The number of carbonyl (C=O) groups excluding carboxylic acids is 2. The molecule has 24 heavy (non-hydrogen) atoms. The van der Waals surface area contributed by atoms with Gasteiger partial charge in [0.25, 0.3) is 11.8 Å². The largest absolute Gasteiger partial charge is 0.398 e. The Balaban J connectivity index is 1.71. The molecule has 0 aliphatic rings. The molecule has 6 nitrogen and oxygen atoms in total. The lowest BCUT2D eigenvalue weighted by molar-refractivity contribution is 0.0845. The van der Waals surface area contributed by atoms with Crippen LogP contribution in [-0.2, 0) is 0 Å². The highest BCUT2D eigenvalue weighted by atomic mass is 19.1. The summed E-state index contributed by atoms with van der Waals surface area (Å²) in [5, 5.41) is 0.897. The van der Waals surface area contributed by atoms with Crippen LogP contribution in [0.2, 0.25) is 0 Å². The number of amides is 2. The van der Waals surface area contributed by atoms with E-state index in [0.29, 0.717) is 5.69 Å². The minimum Gasteiger partial charge on any atom is -0.398 e. The first-order valence-electron chi connectivity index (χ1n) is 7.19. The summed E-state index contributed by atoms with van der Waals surface area (Å²) < 4.78 is 13.0. The molecule has 0 saturated carbocycles. The van der Waals surface area contributed by atoms with Crippen LogP contribution in [0.3, 0.4) is 0 Å². The first kappa shape index (κ1) is 15.5. The van der Waals surface area contributed by atoms with Crippen LogP contribution in [0.4, 0.5) is 10.1 Å². The number of nitrogen functional groups attached to an aromatic ring is 1. The topological polar surface area (TPSA) is 100 Å². The molecule has 5 N–H and O–H groups in total. The van der Waals surface area contributed by atoms with E-state index in [1.54, 1.807) is 6.07 Å². The molecule has 0 bridgehead atoms. The van der Waals surface area contributed by atoms with Crippen LogP contribution in [-0.4, -0.2) is 16.8 Å². The number of aryl methyl sites for hydroxylation is 1. The van der Waals surface area contributed by atoms with Crippen molar-refractivity contribution in [2.24, 2.45) is 0 Å². The summed E-state index contributed by atoms with van der Waals surface area (Å²) in [6, 6.07) is 10.8. The standard InChI is InChI=1S/C17H15FN4O2/c1-9-2-5-14-10(6-9)7-15(20-14)17(24)22-21-16(23)12-4-3-11(18)8-13(12)19/h2-8,20H,19H2,1H3,(H,21,23)(H,22,24). The number of halogens is 1. The van der Waals surface area contributed by atoms with E-state index in [0.717, 1.165) is 28.6 Å². The lowest BCUT2D eigenvalue weighted by Gasteiger charge is -2.08. The van der Waals surface area contributed by atoms with Gasteiger partial charge in [-0.3, -0.25) is 20.4 Å². The minimum atomic E-state index is -0.632. The highest BCUT2D eigenvalue weighted by Gasteiger charge is 2.13. The van der Waals surface area contributed by atoms with Crippen molar-refractivity contribution in [3.8, 4) is 0 Å². The quantitative estimate of drug-likeness (QED) is 0.429. The van der Waals surface area contributed by atoms with Crippen LogP contribution in [0.25, 0.3) is 10.9 Å². The van der Waals surface area contributed by atoms with Gasteiger partial charge in [-0.05, 0) is 43.3 Å². The maximum atomic E-state index is 13.0. The van der Waals surface area contributed by atoms with Crippen LogP contribution in [0, 0.1) is 12.7 Å². The highest BCUT2D eigenvalue weighted by molar-refractivity contribution is 6.02. The predicted molar refractivity (Wildman–Crippen MR) is 88.8 cm³/mol. The maximum Gasteiger partial charge on any atom is 0.286 e. The van der Waals surface area contributed by atoms with Gasteiger partial charge in [0.15, 0.2) is 0 Å². The van der Waals surface area contributed by atoms with Gasteiger partial charge in [-0.25, -0.2) is 4.39 Å². The van der Waals surface area contributed by atoms with E-state index in [2.05, 4.69) is 15.8 Å². The van der Waals surface area contributed by atoms with Crippen molar-refractivity contribution in [1.82, 2.24) is 15.8 Å². The minimum absolute atomic E-state index is 0.0113. The Morgan fingerprint density at radius 1 is 1.04 bits per heavy atom. The Kier molecular flexibility index (Phi) is 3.91. The lowest BCUT2D eigenvalue weighted by atomic mass is 10.1. The molecule has 3 aromatic rings. The zero-order valence-electron chi connectivity index (χ0n) is 12.8. The van der Waals surface area contributed by atoms with Crippen molar-refractivity contribution in [1.29, 1.82) is 0 Å². The molecular formula is C17H15FN4O2. The lowest BCUT2D eigenvalue weighted by Crippen LogP contribution is -2.42. The molecule has 0 unspecified atom stereocenters. The molecule has 0 aliphatic heterocycles. The molecule has 1 aromatic heterocycles. The average molecular weight is 326 g/mol. The molecule has 2 aromatic carbocycles. The van der Waals surface area contributed by atoms with Gasteiger partial charge in [-0.1, -0.05) is 11.6 Å². The summed E-state index contributed by atoms with van der Waals surface area (Å²) in [5.74, 6) is -1.67. The van der Waals surface area contributed by atoms with E-state index in [4.69, 9.17) is 5.73 Å². The number of anilines is 1. The highest BCUT2D eigenvalue weighted by Crippen LogP contribution is 2.17. The second kappa shape index (κ2) is 6.04. The molecule has 0 radical (unpaired) electrons. The molecule has 0 fully saturated rings. The van der Waals surface area contributed by atoms with Gasteiger partial charge in [0.2, 0.25) is 0 Å². The third-order valence-corrected chi connectivity index (χ3v) is 3.57. The average Bonchev–Trinajstić information content (AvgIpc) is 2.95. The number of carbonyl (C=O) groups is 2. The monoisotopic (exact) mass is 326 g/mol. The summed E-state index contributed by atoms with van der Waals surface area (Å²) in [6.45, 7) is 1.96. The maximum absolute atomic E-state index is 13.0. The smallest absolute Gasteiger partial charge is 0.286 e. The van der Waals surface area contributed by atoms with E-state index in [9.17, 15) is 14.0 Å². The van der Waals surface area contributed by atoms with Gasteiger partial charge >= 0.3 is 0 Å². The van der Waals surface area contributed by atoms with Crippen molar-refractivity contribution in [3.63, 3.8) is 0 Å². The Morgan fingerprint density at radius 2 is 1.79 bits per heavy atom. The van der Waals surface area contributed by atoms with Crippen LogP contribution in [0.5, 0.6) is 0 Å². The number of benzene rings is 2. The fraction of sp³-hybridized carbons (Fsp3) is 0.0588. The first-order chi connectivity index (χ1) is 11.4. The van der Waals surface area contributed by atoms with Crippen LogP contribution in [0.1, 0.15) is 26.4 Å². The van der Waals surface area contributed by atoms with Crippen molar-refractivity contribution in [3.05, 3.63) is 65.1 Å². The molecule has 0 spiro atoms. The summed E-state index contributed by atoms with van der Waals surface area (Å²) in [7, 11) is 0. The van der Waals surface area contributed by atoms with Gasteiger partial charge in [-0.2, -0.15) is 0 Å². The Labute approximate surface area is 136 Å². The van der Waals surface area contributed by atoms with Gasteiger partial charge in [0.1, 0.15) is 11.5 Å². The number of fused-ring (bicyclic) bond motifs is 1. The van der Waals surface area contributed by atoms with Gasteiger partial charge < -0.3 is 10.7 Å². The predicted octanol–water partition coefficient (Wildman–Crippen LogP) is 2.27. The van der Waals surface area contributed by atoms with E-state index in [1.807, 2.05) is 25.1 Å². The Morgan fingerprint density at radius 3 is 2.54 bits per heavy atom. The molecule has 7 heteroatoms. The molecule has 1 heterocycles. The molecule has 0 atom stereocenters. The number of hydrogen-bond acceptors (Lipinski definition) is 3. The van der Waals surface area contributed by atoms with Crippen LogP contribution < -0.4 is 16.6 Å². The van der Waals surface area contributed by atoms with Crippen molar-refractivity contribution in [2.45, 2.75) is 6.92 Å². The number of rotatable bonds is 2. The van der Waals surface area contributed by atoms with Crippen LogP contribution in [0.15, 0.2) is 42.5 Å². The second-order valence-corrected chi connectivity index (χ2v) is 5.41. The first-order valence-corrected chi connectivity index (χ1v) is 7.19. The van der Waals surface area contributed by atoms with Gasteiger partial charge in [0.05, 0.1) is 5.56 Å². The van der Waals surface area contributed by atoms with E-state index in [1.165, 1.54) is 6.07 Å². The number of H-pyrrole nitrogens is 1. The van der Waals surface area contributed by atoms with Crippen molar-refractivity contribution in [2.75, 3.05) is 5.73 Å². The van der Waals surface area contributed by atoms with E-state index in [-0.39, 0.29) is 11.3 Å². The number of hydrazine groups is 1. The molecule has 3 rings (SSSR count). The Hall–Kier alpha value is -3.35. The van der Waals surface area contributed by atoms with Gasteiger partial charge in [-0.15, -0.1) is 0 Å². The zero-order valence-corrected chi connectivity index (χ0v) is 12.8. The number of aromatic nitrogens is 1. The van der Waals surface area contributed by atoms with Crippen molar-refractivity contribution >= 4 is 28.4 Å². The third-order valence-electron chi connectivity index (χ3n) is 3.57. The van der Waals surface area contributed by atoms with Crippen molar-refractivity contribution < 1.29 is 14.0 Å². The van der Waals surface area contributed by atoms with Gasteiger partial charge in [0, 0.05) is 16.6 Å². The Bertz CT molecular complexity index is 949. The SMILES string of the molecule is Cc1ccc2[nH]c(C(=O)NNC(=O)c3ccc(F)cc3N)cc2c1. The molecule has 122 valence electrons. The summed E-state index contributed by atoms with van der Waals surface area (Å²) in [5.41, 5.74) is 12.4. The van der Waals surface area contributed by atoms with E-state index < -0.39 is 17.6 Å². The normalized spacial score (nSPS) is 10.6. The zero-order chi connectivity index (χ0) is 17.3. The fourth-order valence-electron chi connectivity index (χ4n) is 2.36. The molecule has 2 amide bonds. The number of nitrogens with two attached hydrogens (primary N) is 1. The molecule has 0 saturated heterocycles. The molecule has 0 aliphatic carbocycles. The second-order valence-electron chi connectivity index (χ2n) is 5.41. The van der Waals surface area contributed by atoms with E-state index >= 15 is 0 Å². The summed E-state index contributed by atoms with van der Waals surface area (Å²) >= 11 is 0. The third kappa shape index (κ3) is 3.05. The number of nitrogens with one attached hydrogen (secondary N) is 3. The number of hydrogen-bond donors (Lipinski definition) is 4. The number of aromatic amines is 1. The summed E-state index contributed by atoms with van der Waals surface area (Å²) in [4.78, 5) is 27.1. The molecular weight excluding hydrogens is 311 g/mol.